The minimum atomic E-state index is -1.21. The van der Waals surface area contributed by atoms with Crippen molar-refractivity contribution in [2.24, 2.45) is 0 Å². The van der Waals surface area contributed by atoms with Crippen molar-refractivity contribution in [3.8, 4) is 22.5 Å². The van der Waals surface area contributed by atoms with E-state index < -0.39 is 23.8 Å². The first-order valence-corrected chi connectivity index (χ1v) is 10.5. The van der Waals surface area contributed by atoms with Crippen LogP contribution in [-0.2, 0) is 14.4 Å². The zero-order chi connectivity index (χ0) is 24.9. The fourth-order valence-electron chi connectivity index (χ4n) is 4.07. The van der Waals surface area contributed by atoms with Gasteiger partial charge in [-0.25, -0.2) is 9.59 Å². The predicted molar refractivity (Wildman–Crippen MR) is 121 cm³/mol. The van der Waals surface area contributed by atoms with Crippen molar-refractivity contribution in [2.45, 2.75) is 12.8 Å². The largest absolute Gasteiger partial charge is 0.478 e. The molecule has 35 heavy (non-hydrogen) atoms. The van der Waals surface area contributed by atoms with E-state index in [0.29, 0.717) is 44.0 Å². The van der Waals surface area contributed by atoms with Crippen molar-refractivity contribution in [3.05, 3.63) is 71.1 Å². The van der Waals surface area contributed by atoms with Gasteiger partial charge in [0.15, 0.2) is 5.36 Å². The van der Waals surface area contributed by atoms with Gasteiger partial charge in [0.1, 0.15) is 11.3 Å². The highest BCUT2D eigenvalue weighted by Crippen LogP contribution is 2.42. The molecule has 0 spiro atoms. The van der Waals surface area contributed by atoms with Gasteiger partial charge in [-0.15, -0.1) is 5.06 Å². The molecule has 1 fully saturated rings. The monoisotopic (exact) mass is 472 g/mol. The van der Waals surface area contributed by atoms with Crippen LogP contribution in [0, 0.1) is 0 Å². The second-order valence-electron chi connectivity index (χ2n) is 8.01. The lowest BCUT2D eigenvalue weighted by molar-refractivity contribution is -0.173. The van der Waals surface area contributed by atoms with E-state index in [9.17, 15) is 24.3 Å². The Bertz CT molecular complexity index is 1590. The summed E-state index contributed by atoms with van der Waals surface area (Å²) in [6.45, 7) is 0. The molecule has 0 saturated carbocycles. The van der Waals surface area contributed by atoms with Crippen LogP contribution in [0.15, 0.2) is 59.0 Å². The lowest BCUT2D eigenvalue weighted by Gasteiger charge is -2.19. The van der Waals surface area contributed by atoms with Crippen molar-refractivity contribution in [1.29, 1.82) is 0 Å². The van der Waals surface area contributed by atoms with Gasteiger partial charge in [0.25, 0.3) is 11.8 Å². The fourth-order valence-corrected chi connectivity index (χ4v) is 4.07. The Labute approximate surface area is 196 Å². The molecule has 2 aliphatic heterocycles. The first-order chi connectivity index (χ1) is 16.7. The number of carbonyl (C=O) groups excluding carboxylic acids is 3. The Hall–Kier alpha value is -4.99. The van der Waals surface area contributed by atoms with Gasteiger partial charge in [-0.05, 0) is 42.0 Å². The quantitative estimate of drug-likeness (QED) is 0.227. The average Bonchev–Trinajstić information content (AvgIpc) is 3.14. The Morgan fingerprint density at radius 2 is 1.71 bits per heavy atom. The first-order valence-electron chi connectivity index (χ1n) is 10.5. The van der Waals surface area contributed by atoms with Crippen LogP contribution >= 0.6 is 0 Å². The Morgan fingerprint density at radius 3 is 2.43 bits per heavy atom. The van der Waals surface area contributed by atoms with Gasteiger partial charge in [-0.3, -0.25) is 15.0 Å². The van der Waals surface area contributed by atoms with Crippen molar-refractivity contribution >= 4 is 40.4 Å². The van der Waals surface area contributed by atoms with Crippen LogP contribution in [0.25, 0.3) is 33.4 Å². The predicted octanol–water partition coefficient (Wildman–Crippen LogP) is 1.37. The molecule has 0 aromatic heterocycles. The van der Waals surface area contributed by atoms with Gasteiger partial charge in [-0.1, -0.05) is 0 Å². The Morgan fingerprint density at radius 1 is 0.971 bits per heavy atom. The molecular formula is C25H18N3O7+. The molecule has 1 aliphatic carbocycles. The van der Waals surface area contributed by atoms with Crippen LogP contribution in [0.5, 0.6) is 0 Å². The number of nitrogen functional groups attached to an aromatic ring is 1. The molecule has 3 aliphatic rings. The number of aromatic carboxylic acids is 1. The number of nitrogens with zero attached hydrogens (tertiary/aromatic N) is 1. The van der Waals surface area contributed by atoms with Gasteiger partial charge in [-0.2, -0.15) is 0 Å². The lowest BCUT2D eigenvalue weighted by atomic mass is 9.89. The van der Waals surface area contributed by atoms with E-state index in [4.69, 9.17) is 20.4 Å². The van der Waals surface area contributed by atoms with Crippen LogP contribution in [-0.4, -0.2) is 33.9 Å². The number of carboxylic acid groups (broad SMARTS) is 1. The number of nitrogens with two attached hydrogens (primary N) is 2. The molecule has 10 nitrogen and oxygen atoms in total. The summed E-state index contributed by atoms with van der Waals surface area (Å²) in [4.78, 5) is 54.0. The standard InChI is InChI=1S/C25H17N3O7/c26-13-2-5-16-19(10-13)34-20-11-14(27)3-6-17(20)23(16)18-9-12(24(31)32)1-4-15(18)25(33)35-28-21(29)7-8-22(28)30/h1-6,9-11,26H,7-8,27H2,(H,31,32)/p+1. The molecule has 0 radical (unpaired) electrons. The summed E-state index contributed by atoms with van der Waals surface area (Å²) in [5, 5.41) is 17.0. The van der Waals surface area contributed by atoms with E-state index >= 15 is 0 Å². The third-order valence-corrected chi connectivity index (χ3v) is 5.71. The molecule has 2 aromatic carbocycles. The summed E-state index contributed by atoms with van der Waals surface area (Å²) in [6.07, 6.45) is -0.121. The molecule has 0 unspecified atom stereocenters. The van der Waals surface area contributed by atoms with Crippen LogP contribution in [0.4, 0.5) is 5.69 Å². The summed E-state index contributed by atoms with van der Waals surface area (Å²) in [7, 11) is 0. The Kier molecular flexibility index (Phi) is 5.05. The molecule has 5 rings (SSSR count). The number of imide groups is 1. The van der Waals surface area contributed by atoms with E-state index in [1.165, 1.54) is 18.2 Å². The number of rotatable bonds is 4. The highest BCUT2D eigenvalue weighted by Gasteiger charge is 2.34. The second-order valence-corrected chi connectivity index (χ2v) is 8.01. The van der Waals surface area contributed by atoms with Crippen LogP contribution in [0.2, 0.25) is 0 Å². The minimum Gasteiger partial charge on any atom is -0.478 e. The third-order valence-electron chi connectivity index (χ3n) is 5.71. The van der Waals surface area contributed by atoms with Crippen LogP contribution in [0.1, 0.15) is 33.6 Å². The number of hydrogen-bond donors (Lipinski definition) is 3. The highest BCUT2D eigenvalue weighted by atomic mass is 16.7. The minimum absolute atomic E-state index is 0.0510. The van der Waals surface area contributed by atoms with E-state index in [-0.39, 0.29) is 29.5 Å². The number of amides is 2. The molecule has 2 aromatic rings. The maximum absolute atomic E-state index is 13.2. The van der Waals surface area contributed by atoms with E-state index in [1.807, 2.05) is 0 Å². The molecule has 174 valence electrons. The lowest BCUT2D eigenvalue weighted by Crippen LogP contribution is -2.44. The smallest absolute Gasteiger partial charge is 0.364 e. The molecule has 10 heteroatoms. The number of anilines is 1. The van der Waals surface area contributed by atoms with E-state index in [2.05, 4.69) is 0 Å². The number of hydroxylamine groups is 2. The summed E-state index contributed by atoms with van der Waals surface area (Å²) in [6, 6.07) is 13.7. The van der Waals surface area contributed by atoms with Gasteiger partial charge in [0.05, 0.1) is 17.2 Å². The number of carbonyl (C=O) groups is 4. The Balaban J connectivity index is 1.79. The zero-order valence-corrected chi connectivity index (χ0v) is 18.1. The van der Waals surface area contributed by atoms with Gasteiger partial charge >= 0.3 is 11.9 Å². The maximum atomic E-state index is 13.2. The molecule has 0 atom stereocenters. The molecule has 1 saturated heterocycles. The van der Waals surface area contributed by atoms with Crippen molar-refractivity contribution in [2.75, 3.05) is 5.73 Å². The summed E-state index contributed by atoms with van der Waals surface area (Å²) < 4.78 is 5.99. The normalized spacial score (nSPS) is 13.5. The number of hydrogen-bond acceptors (Lipinski definition) is 7. The van der Waals surface area contributed by atoms with Gasteiger partial charge < -0.3 is 20.1 Å². The van der Waals surface area contributed by atoms with Crippen LogP contribution < -0.4 is 16.5 Å². The number of benzene rings is 3. The molecule has 2 amide bonds. The third kappa shape index (κ3) is 3.76. The first kappa shape index (κ1) is 21.8. The van der Waals surface area contributed by atoms with Crippen LogP contribution in [0.3, 0.4) is 0 Å². The van der Waals surface area contributed by atoms with Crippen molar-refractivity contribution in [3.63, 3.8) is 0 Å². The SMILES string of the molecule is Nc1ccc2c(-c3cc(C(=O)O)ccc3C(=O)ON3C(=O)CCC3=O)c3ccc(=[NH2+])cc-3oc2c1. The summed E-state index contributed by atoms with van der Waals surface area (Å²) in [5.74, 6) is -3.09. The van der Waals surface area contributed by atoms with Crippen molar-refractivity contribution in [1.82, 2.24) is 5.06 Å². The van der Waals surface area contributed by atoms with E-state index in [0.717, 1.165) is 0 Å². The summed E-state index contributed by atoms with van der Waals surface area (Å²) in [5.41, 5.74) is 7.83. The topological polar surface area (TPSA) is 166 Å². The van der Waals surface area contributed by atoms with E-state index in [1.54, 1.807) is 36.4 Å². The second kappa shape index (κ2) is 8.10. The molecular weight excluding hydrogens is 454 g/mol. The molecule has 2 heterocycles. The number of carboxylic acids is 1. The average molecular weight is 472 g/mol. The van der Waals surface area contributed by atoms with Gasteiger partial charge in [0.2, 0.25) is 0 Å². The number of fused-ring (bicyclic) bond motifs is 2. The van der Waals surface area contributed by atoms with Crippen molar-refractivity contribution < 1.29 is 38.9 Å². The molecule has 5 N–H and O–H groups in total. The zero-order valence-electron chi connectivity index (χ0n) is 18.1. The fraction of sp³-hybridized carbons (Fsp3) is 0.0800. The maximum Gasteiger partial charge on any atom is 0.364 e. The van der Waals surface area contributed by atoms with Gasteiger partial charge in [0, 0.05) is 47.2 Å². The summed E-state index contributed by atoms with van der Waals surface area (Å²) >= 11 is 0. The molecule has 0 bridgehead atoms. The highest BCUT2D eigenvalue weighted by molar-refractivity contribution is 6.10.